The van der Waals surface area contributed by atoms with Gasteiger partial charge in [-0.05, 0) is 18.4 Å². The van der Waals surface area contributed by atoms with Gasteiger partial charge in [0.05, 0.1) is 19.8 Å². The van der Waals surface area contributed by atoms with Crippen LogP contribution in [0.1, 0.15) is 26.3 Å². The molecule has 1 aromatic rings. The summed E-state index contributed by atoms with van der Waals surface area (Å²) >= 11 is 0. The number of nitrogens with zero attached hydrogens (tertiary/aromatic N) is 1. The van der Waals surface area contributed by atoms with E-state index in [9.17, 15) is 0 Å². The van der Waals surface area contributed by atoms with E-state index in [4.69, 9.17) is 4.74 Å². The van der Waals surface area contributed by atoms with E-state index in [0.717, 1.165) is 12.3 Å². The Labute approximate surface area is 110 Å². The lowest BCUT2D eigenvalue weighted by Gasteiger charge is -2.10. The number of benzene rings is 1. The lowest BCUT2D eigenvalue weighted by atomic mass is 10.00. The van der Waals surface area contributed by atoms with Crippen LogP contribution in [0.3, 0.4) is 0 Å². The highest BCUT2D eigenvalue weighted by molar-refractivity contribution is 6.01. The van der Waals surface area contributed by atoms with Gasteiger partial charge < -0.3 is 4.74 Å². The van der Waals surface area contributed by atoms with Gasteiger partial charge in [0.25, 0.3) is 0 Å². The second kappa shape index (κ2) is 8.65. The van der Waals surface area contributed by atoms with Crippen LogP contribution in [0.25, 0.3) is 0 Å². The summed E-state index contributed by atoms with van der Waals surface area (Å²) in [4.78, 5) is 4.66. The molecule has 98 valence electrons. The predicted octanol–water partition coefficient (Wildman–Crippen LogP) is 3.72. The van der Waals surface area contributed by atoms with Crippen molar-refractivity contribution in [2.45, 2.75) is 20.8 Å². The molecule has 0 spiro atoms. The fourth-order valence-corrected chi connectivity index (χ4v) is 1.69. The molecule has 0 atom stereocenters. The second-order valence-electron chi connectivity index (χ2n) is 4.43. The Kier molecular flexibility index (Phi) is 7.04. The summed E-state index contributed by atoms with van der Waals surface area (Å²) in [5, 5.41) is 0. The van der Waals surface area contributed by atoms with Gasteiger partial charge in [0.2, 0.25) is 0 Å². The van der Waals surface area contributed by atoms with Gasteiger partial charge in [-0.15, -0.1) is 0 Å². The quantitative estimate of drug-likeness (QED) is 0.407. The summed E-state index contributed by atoms with van der Waals surface area (Å²) in [5.74, 6) is 0.433. The molecule has 0 aliphatic rings. The van der Waals surface area contributed by atoms with Crippen molar-refractivity contribution < 1.29 is 4.74 Å². The van der Waals surface area contributed by atoms with Crippen molar-refractivity contribution in [2.24, 2.45) is 10.9 Å². The molecule has 18 heavy (non-hydrogen) atoms. The van der Waals surface area contributed by atoms with Gasteiger partial charge in [-0.3, -0.25) is 4.99 Å². The topological polar surface area (TPSA) is 21.6 Å². The molecule has 1 aromatic carbocycles. The van der Waals surface area contributed by atoms with E-state index in [2.05, 4.69) is 43.1 Å². The Balaban J connectivity index is 2.52. The van der Waals surface area contributed by atoms with Crippen LogP contribution in [0.5, 0.6) is 0 Å². The van der Waals surface area contributed by atoms with Gasteiger partial charge in [-0.25, -0.2) is 0 Å². The van der Waals surface area contributed by atoms with Crippen molar-refractivity contribution in [1.29, 1.82) is 0 Å². The minimum Gasteiger partial charge on any atom is -0.375 e. The van der Waals surface area contributed by atoms with Gasteiger partial charge in [0, 0.05) is 5.71 Å². The first-order valence-electron chi connectivity index (χ1n) is 6.54. The van der Waals surface area contributed by atoms with Crippen molar-refractivity contribution in [2.75, 3.05) is 19.8 Å². The molecule has 0 bridgehead atoms. The van der Waals surface area contributed by atoms with Crippen LogP contribution in [0.2, 0.25) is 0 Å². The molecule has 2 nitrogen and oxygen atoms in total. The number of rotatable bonds is 7. The zero-order valence-electron chi connectivity index (χ0n) is 11.6. The van der Waals surface area contributed by atoms with Crippen molar-refractivity contribution in [3.05, 3.63) is 48.0 Å². The Morgan fingerprint density at radius 1 is 1.28 bits per heavy atom. The summed E-state index contributed by atoms with van der Waals surface area (Å²) in [6.45, 7) is 8.41. The zero-order valence-corrected chi connectivity index (χ0v) is 11.6. The Morgan fingerprint density at radius 2 is 2.00 bits per heavy atom. The van der Waals surface area contributed by atoms with E-state index in [-0.39, 0.29) is 0 Å². The Morgan fingerprint density at radius 3 is 2.61 bits per heavy atom. The van der Waals surface area contributed by atoms with E-state index in [1.165, 1.54) is 5.56 Å². The fraction of sp³-hybridized carbons (Fsp3) is 0.438. The van der Waals surface area contributed by atoms with Gasteiger partial charge >= 0.3 is 0 Å². The third kappa shape index (κ3) is 5.28. The summed E-state index contributed by atoms with van der Waals surface area (Å²) in [6, 6.07) is 10.4. The summed E-state index contributed by atoms with van der Waals surface area (Å²) < 4.78 is 5.45. The van der Waals surface area contributed by atoms with Crippen LogP contribution < -0.4 is 0 Å². The maximum atomic E-state index is 5.45. The Bertz CT molecular complexity index is 379. The van der Waals surface area contributed by atoms with E-state index in [1.807, 2.05) is 25.1 Å². The first-order chi connectivity index (χ1) is 8.75. The minimum atomic E-state index is 0.433. The Hall–Kier alpha value is -1.41. The molecular formula is C16H23NO. The van der Waals surface area contributed by atoms with E-state index < -0.39 is 0 Å². The molecule has 1 rings (SSSR count). The monoisotopic (exact) mass is 245 g/mol. The summed E-state index contributed by atoms with van der Waals surface area (Å²) in [7, 11) is 0. The van der Waals surface area contributed by atoms with Crippen molar-refractivity contribution >= 4 is 5.71 Å². The van der Waals surface area contributed by atoms with Crippen LogP contribution in [0.4, 0.5) is 0 Å². The van der Waals surface area contributed by atoms with Gasteiger partial charge in [-0.1, -0.05) is 56.3 Å². The molecule has 0 saturated heterocycles. The minimum absolute atomic E-state index is 0.433. The molecule has 2 heteroatoms. The summed E-state index contributed by atoms with van der Waals surface area (Å²) in [5.41, 5.74) is 2.37. The van der Waals surface area contributed by atoms with Crippen molar-refractivity contribution in [1.82, 2.24) is 0 Å². The lowest BCUT2D eigenvalue weighted by molar-refractivity contribution is 0.171. The van der Waals surface area contributed by atoms with Crippen LogP contribution in [-0.2, 0) is 4.74 Å². The highest BCUT2D eigenvalue weighted by Crippen LogP contribution is 2.09. The molecule has 0 amide bonds. The van der Waals surface area contributed by atoms with Crippen LogP contribution >= 0.6 is 0 Å². The maximum Gasteiger partial charge on any atom is 0.0666 e. The molecule has 0 fully saturated rings. The van der Waals surface area contributed by atoms with Crippen molar-refractivity contribution in [3.8, 4) is 0 Å². The fourth-order valence-electron chi connectivity index (χ4n) is 1.69. The smallest absolute Gasteiger partial charge is 0.0666 e. The maximum absolute atomic E-state index is 5.45. The largest absolute Gasteiger partial charge is 0.375 e. The zero-order chi connectivity index (χ0) is 13.2. The molecule has 0 aliphatic carbocycles. The van der Waals surface area contributed by atoms with E-state index in [1.54, 1.807) is 0 Å². The molecule has 0 saturated carbocycles. The third-order valence-electron chi connectivity index (χ3n) is 2.58. The standard InChI is InChI=1S/C16H23NO/c1-4-5-12-18-13-11-17-16(14(2)3)15-9-7-6-8-10-15/h4-10,14H,11-13H2,1-3H3/b5-4+,17-16?. The molecule has 0 heterocycles. The highest BCUT2D eigenvalue weighted by Gasteiger charge is 2.06. The third-order valence-corrected chi connectivity index (χ3v) is 2.58. The first-order valence-corrected chi connectivity index (χ1v) is 6.54. The average Bonchev–Trinajstić information content (AvgIpc) is 2.38. The molecule has 0 unspecified atom stereocenters. The second-order valence-corrected chi connectivity index (χ2v) is 4.43. The van der Waals surface area contributed by atoms with E-state index >= 15 is 0 Å². The highest BCUT2D eigenvalue weighted by atomic mass is 16.5. The van der Waals surface area contributed by atoms with Gasteiger partial charge in [0.1, 0.15) is 0 Å². The van der Waals surface area contributed by atoms with Crippen LogP contribution in [-0.4, -0.2) is 25.5 Å². The number of aliphatic imine (C=N–C) groups is 1. The summed E-state index contributed by atoms with van der Waals surface area (Å²) in [6.07, 6.45) is 4.00. The molecule has 0 N–H and O–H groups in total. The molecular weight excluding hydrogens is 222 g/mol. The number of hydrogen-bond donors (Lipinski definition) is 0. The molecule has 0 aromatic heterocycles. The van der Waals surface area contributed by atoms with Crippen molar-refractivity contribution in [3.63, 3.8) is 0 Å². The van der Waals surface area contributed by atoms with Gasteiger partial charge in [0.15, 0.2) is 0 Å². The number of ether oxygens (including phenoxy) is 1. The van der Waals surface area contributed by atoms with Crippen LogP contribution in [0.15, 0.2) is 47.5 Å². The van der Waals surface area contributed by atoms with Gasteiger partial charge in [-0.2, -0.15) is 0 Å². The SMILES string of the molecule is C/C=C/COCCN=C(c1ccccc1)C(C)C. The van der Waals surface area contributed by atoms with Crippen LogP contribution in [0, 0.1) is 5.92 Å². The van der Waals surface area contributed by atoms with E-state index in [0.29, 0.717) is 19.1 Å². The first kappa shape index (κ1) is 14.7. The predicted molar refractivity (Wildman–Crippen MR) is 78.3 cm³/mol. The number of hydrogen-bond acceptors (Lipinski definition) is 2. The molecule has 0 radical (unpaired) electrons. The molecule has 0 aliphatic heterocycles. The normalized spacial score (nSPS) is 12.6. The number of allylic oxidation sites excluding steroid dienone is 1. The lowest BCUT2D eigenvalue weighted by Crippen LogP contribution is -2.11. The average molecular weight is 245 g/mol.